The molecule has 0 bridgehead atoms. The van der Waals surface area contributed by atoms with Crippen molar-refractivity contribution in [2.24, 2.45) is 11.5 Å². The Kier molecular flexibility index (Phi) is 6.57. The van der Waals surface area contributed by atoms with Crippen LogP contribution in [-0.2, 0) is 11.3 Å². The van der Waals surface area contributed by atoms with Crippen LogP contribution in [0.2, 0.25) is 0 Å². The normalized spacial score (nSPS) is 10.0. The maximum Gasteiger partial charge on any atom is 0.231 e. The molecule has 1 rings (SSSR count). The van der Waals surface area contributed by atoms with Gasteiger partial charge in [-0.25, -0.2) is 0 Å². The molecule has 0 atom stereocenters. The Labute approximate surface area is 119 Å². The first-order valence-corrected chi connectivity index (χ1v) is 6.47. The van der Waals surface area contributed by atoms with Crippen molar-refractivity contribution in [3.8, 4) is 17.6 Å². The van der Waals surface area contributed by atoms with Crippen molar-refractivity contribution in [1.29, 1.82) is 0 Å². The molecule has 5 nitrogen and oxygen atoms in total. The summed E-state index contributed by atoms with van der Waals surface area (Å²) in [6.07, 6.45) is 0. The first kappa shape index (κ1) is 16.0. The summed E-state index contributed by atoms with van der Waals surface area (Å²) < 4.78 is 5.26. The third-order valence-electron chi connectivity index (χ3n) is 2.82. The molecule has 0 aliphatic carbocycles. The molecule has 1 aromatic rings. The predicted octanol–water partition coefficient (Wildman–Crippen LogP) is 0.313. The van der Waals surface area contributed by atoms with Crippen LogP contribution in [-0.4, -0.2) is 37.6 Å². The van der Waals surface area contributed by atoms with Crippen LogP contribution in [0.5, 0.6) is 5.75 Å². The highest BCUT2D eigenvalue weighted by Gasteiger charge is 2.09. The molecule has 0 heterocycles. The summed E-state index contributed by atoms with van der Waals surface area (Å²) in [4.78, 5) is 13.0. The number of primary amides is 1. The zero-order valence-corrected chi connectivity index (χ0v) is 12.0. The lowest BCUT2D eigenvalue weighted by molar-refractivity contribution is -0.119. The Morgan fingerprint density at radius 2 is 2.20 bits per heavy atom. The van der Waals surface area contributed by atoms with Crippen molar-refractivity contribution in [2.75, 3.05) is 26.7 Å². The van der Waals surface area contributed by atoms with Crippen LogP contribution in [0.4, 0.5) is 0 Å². The summed E-state index contributed by atoms with van der Waals surface area (Å²) in [5.74, 6) is 6.19. The second-order valence-electron chi connectivity index (χ2n) is 4.31. The molecule has 0 aliphatic heterocycles. The zero-order chi connectivity index (χ0) is 15.0. The van der Waals surface area contributed by atoms with Gasteiger partial charge in [-0.2, -0.15) is 0 Å². The van der Waals surface area contributed by atoms with Gasteiger partial charge in [0.15, 0.2) is 0 Å². The fourth-order valence-electron chi connectivity index (χ4n) is 1.86. The molecule has 1 aromatic carbocycles. The number of likely N-dealkylation sites (N-methyl/N-ethyl adjacent to an activating group) is 1. The summed E-state index contributed by atoms with van der Waals surface area (Å²) in [6.45, 7) is 3.92. The Morgan fingerprint density at radius 1 is 1.45 bits per heavy atom. The molecule has 0 saturated carbocycles. The van der Waals surface area contributed by atoms with Crippen LogP contribution in [0.3, 0.4) is 0 Å². The molecule has 0 saturated heterocycles. The fourth-order valence-corrected chi connectivity index (χ4v) is 1.86. The smallest absolute Gasteiger partial charge is 0.231 e. The average molecular weight is 275 g/mol. The molecule has 0 radical (unpaired) electrons. The van der Waals surface area contributed by atoms with Gasteiger partial charge in [0.05, 0.1) is 25.8 Å². The van der Waals surface area contributed by atoms with E-state index in [1.165, 1.54) is 0 Å². The highest BCUT2D eigenvalue weighted by molar-refractivity contribution is 5.75. The summed E-state index contributed by atoms with van der Waals surface area (Å²) in [5.41, 5.74) is 12.5. The standard InChI is InChI=1S/C15H21N3O2/c1-3-18(11-15(17)19)10-12-6-7-14(20-2)13(9-12)5-4-8-16/h6-7,9H,3,8,10-11,16H2,1-2H3,(H2,17,19). The van der Waals surface area contributed by atoms with E-state index in [1.54, 1.807) is 7.11 Å². The van der Waals surface area contributed by atoms with Crippen LogP contribution in [0.15, 0.2) is 18.2 Å². The molecule has 0 spiro atoms. The largest absolute Gasteiger partial charge is 0.495 e. The van der Waals surface area contributed by atoms with Crippen molar-refractivity contribution in [1.82, 2.24) is 4.90 Å². The number of nitrogens with zero attached hydrogens (tertiary/aromatic N) is 1. The maximum atomic E-state index is 11.0. The van der Waals surface area contributed by atoms with Crippen molar-refractivity contribution in [3.05, 3.63) is 29.3 Å². The van der Waals surface area contributed by atoms with Gasteiger partial charge >= 0.3 is 0 Å². The van der Waals surface area contributed by atoms with Crippen molar-refractivity contribution in [3.63, 3.8) is 0 Å². The molecular formula is C15H21N3O2. The number of hydrogen-bond donors (Lipinski definition) is 2. The molecule has 4 N–H and O–H groups in total. The second-order valence-corrected chi connectivity index (χ2v) is 4.31. The highest BCUT2D eigenvalue weighted by Crippen LogP contribution is 2.19. The third kappa shape index (κ3) is 4.92. The van der Waals surface area contributed by atoms with Crippen LogP contribution < -0.4 is 16.2 Å². The van der Waals surface area contributed by atoms with E-state index in [2.05, 4.69) is 11.8 Å². The monoisotopic (exact) mass is 275 g/mol. The molecule has 5 heteroatoms. The van der Waals surface area contributed by atoms with E-state index in [0.717, 1.165) is 17.7 Å². The Bertz CT molecular complexity index is 518. The van der Waals surface area contributed by atoms with E-state index in [1.807, 2.05) is 30.0 Å². The van der Waals surface area contributed by atoms with Crippen molar-refractivity contribution in [2.45, 2.75) is 13.5 Å². The fraction of sp³-hybridized carbons (Fsp3) is 0.400. The molecule has 0 aliphatic rings. The number of nitrogens with two attached hydrogens (primary N) is 2. The summed E-state index contributed by atoms with van der Waals surface area (Å²) in [6, 6.07) is 5.77. The number of amides is 1. The molecule has 20 heavy (non-hydrogen) atoms. The van der Waals surface area contributed by atoms with Crippen molar-refractivity contribution < 1.29 is 9.53 Å². The second kappa shape index (κ2) is 8.20. The lowest BCUT2D eigenvalue weighted by Gasteiger charge is -2.19. The number of carbonyl (C=O) groups excluding carboxylic acids is 1. The topological polar surface area (TPSA) is 81.6 Å². The van der Waals surface area contributed by atoms with Gasteiger partial charge in [-0.05, 0) is 24.2 Å². The molecule has 108 valence electrons. The van der Waals surface area contributed by atoms with Gasteiger partial charge in [0, 0.05) is 6.54 Å². The van der Waals surface area contributed by atoms with Gasteiger partial charge in [0.25, 0.3) is 0 Å². The minimum absolute atomic E-state index is 0.242. The van der Waals surface area contributed by atoms with E-state index in [-0.39, 0.29) is 12.5 Å². The maximum absolute atomic E-state index is 11.0. The van der Waals surface area contributed by atoms with Gasteiger partial charge < -0.3 is 16.2 Å². The van der Waals surface area contributed by atoms with Gasteiger partial charge in [-0.15, -0.1) is 0 Å². The van der Waals surface area contributed by atoms with E-state index >= 15 is 0 Å². The number of hydrogen-bond acceptors (Lipinski definition) is 4. The highest BCUT2D eigenvalue weighted by atomic mass is 16.5. The van der Waals surface area contributed by atoms with E-state index in [9.17, 15) is 4.79 Å². The van der Waals surface area contributed by atoms with Crippen LogP contribution in [0.25, 0.3) is 0 Å². The quantitative estimate of drug-likeness (QED) is 0.732. The van der Waals surface area contributed by atoms with Gasteiger partial charge in [0.1, 0.15) is 5.75 Å². The lowest BCUT2D eigenvalue weighted by atomic mass is 10.1. The summed E-state index contributed by atoms with van der Waals surface area (Å²) >= 11 is 0. The average Bonchev–Trinajstić information content (AvgIpc) is 2.44. The Hall–Kier alpha value is -2.03. The van der Waals surface area contributed by atoms with Gasteiger partial charge in [-0.3, -0.25) is 9.69 Å². The summed E-state index contributed by atoms with van der Waals surface area (Å²) in [7, 11) is 1.61. The predicted molar refractivity (Wildman–Crippen MR) is 79.1 cm³/mol. The first-order valence-electron chi connectivity index (χ1n) is 6.47. The minimum Gasteiger partial charge on any atom is -0.495 e. The van der Waals surface area contributed by atoms with E-state index in [0.29, 0.717) is 18.8 Å². The van der Waals surface area contributed by atoms with Crippen LogP contribution in [0.1, 0.15) is 18.1 Å². The first-order chi connectivity index (χ1) is 9.60. The van der Waals surface area contributed by atoms with Crippen LogP contribution >= 0.6 is 0 Å². The number of ether oxygens (including phenoxy) is 1. The zero-order valence-electron chi connectivity index (χ0n) is 12.0. The number of methoxy groups -OCH3 is 1. The molecule has 1 amide bonds. The van der Waals surface area contributed by atoms with Crippen molar-refractivity contribution >= 4 is 5.91 Å². The Morgan fingerprint density at radius 3 is 2.75 bits per heavy atom. The number of rotatable bonds is 6. The van der Waals surface area contributed by atoms with Gasteiger partial charge in [0.2, 0.25) is 5.91 Å². The van der Waals surface area contributed by atoms with E-state index in [4.69, 9.17) is 16.2 Å². The minimum atomic E-state index is -0.330. The Balaban J connectivity index is 2.93. The SMILES string of the molecule is CCN(CC(N)=O)Cc1ccc(OC)c(C#CCN)c1. The number of carbonyl (C=O) groups is 1. The molecule has 0 unspecified atom stereocenters. The third-order valence-corrected chi connectivity index (χ3v) is 2.82. The van der Waals surface area contributed by atoms with Gasteiger partial charge in [-0.1, -0.05) is 24.8 Å². The molecular weight excluding hydrogens is 254 g/mol. The lowest BCUT2D eigenvalue weighted by Crippen LogP contribution is -2.33. The molecule has 0 fully saturated rings. The molecule has 0 aromatic heterocycles. The number of benzene rings is 1. The van der Waals surface area contributed by atoms with Crippen LogP contribution in [0, 0.1) is 11.8 Å². The summed E-state index contributed by atoms with van der Waals surface area (Å²) in [5, 5.41) is 0. The van der Waals surface area contributed by atoms with E-state index < -0.39 is 0 Å².